The minimum atomic E-state index is -3.84. The molecule has 0 unspecified atom stereocenters. The van der Waals surface area contributed by atoms with E-state index in [4.69, 9.17) is 4.74 Å². The Balaban J connectivity index is 1.49. The number of aryl methyl sites for hydroxylation is 2. The molecule has 0 bridgehead atoms. The molecule has 2 N–H and O–H groups in total. The van der Waals surface area contributed by atoms with E-state index in [1.54, 1.807) is 19.9 Å². The van der Waals surface area contributed by atoms with Crippen molar-refractivity contribution in [2.45, 2.75) is 51.2 Å². The topological polar surface area (TPSA) is 105 Å². The molecule has 2 amide bonds. The zero-order valence-electron chi connectivity index (χ0n) is 19.1. The van der Waals surface area contributed by atoms with E-state index in [0.717, 1.165) is 11.1 Å². The summed E-state index contributed by atoms with van der Waals surface area (Å²) in [6.07, 6.45) is 0.545. The molecular formula is C24H29N3O5S. The highest BCUT2D eigenvalue weighted by Crippen LogP contribution is 2.36. The Hall–Kier alpha value is -2.91. The van der Waals surface area contributed by atoms with Crippen LogP contribution in [0.1, 0.15) is 36.5 Å². The largest absolute Gasteiger partial charge is 0.479 e. The van der Waals surface area contributed by atoms with Crippen LogP contribution < -0.4 is 15.4 Å². The van der Waals surface area contributed by atoms with E-state index in [1.165, 1.54) is 10.4 Å². The molecule has 9 heteroatoms. The van der Waals surface area contributed by atoms with Gasteiger partial charge in [0.1, 0.15) is 5.75 Å². The fourth-order valence-electron chi connectivity index (χ4n) is 4.27. The van der Waals surface area contributed by atoms with Gasteiger partial charge < -0.3 is 15.4 Å². The van der Waals surface area contributed by atoms with Gasteiger partial charge in [0.05, 0.1) is 16.5 Å². The SMILES string of the molecule is Cc1ccccc1CNC(=O)[C@@H]1CCCN(S(=O)(=O)c2cc3c(cc2C)NC(=O)[C@@H](C)O3)C1. The third kappa shape index (κ3) is 4.74. The number of sulfonamides is 1. The van der Waals surface area contributed by atoms with Gasteiger partial charge in [-0.1, -0.05) is 24.3 Å². The molecule has 2 atom stereocenters. The molecule has 1 saturated heterocycles. The summed E-state index contributed by atoms with van der Waals surface area (Å²) in [4.78, 5) is 24.8. The van der Waals surface area contributed by atoms with Crippen molar-refractivity contribution >= 4 is 27.5 Å². The van der Waals surface area contributed by atoms with Gasteiger partial charge in [0.2, 0.25) is 15.9 Å². The normalized spacial score (nSPS) is 21.0. The van der Waals surface area contributed by atoms with Crippen molar-refractivity contribution in [2.24, 2.45) is 5.92 Å². The standard InChI is InChI=1S/C24H29N3O5S/c1-15-7-4-5-8-18(15)13-25-24(29)19-9-6-10-27(14-19)33(30,31)22-12-21-20(11-16(22)2)26-23(28)17(3)32-21/h4-5,7-8,11-12,17,19H,6,9-10,13-14H2,1-3H3,(H,25,29)(H,26,28)/t17-,19-/m1/s1. The lowest BCUT2D eigenvalue weighted by molar-refractivity contribution is -0.126. The monoisotopic (exact) mass is 471 g/mol. The molecule has 2 aromatic rings. The number of nitrogens with zero attached hydrogens (tertiary/aromatic N) is 1. The summed E-state index contributed by atoms with van der Waals surface area (Å²) in [5.41, 5.74) is 3.11. The van der Waals surface area contributed by atoms with Crippen LogP contribution in [0.5, 0.6) is 5.75 Å². The van der Waals surface area contributed by atoms with Gasteiger partial charge >= 0.3 is 0 Å². The lowest BCUT2D eigenvalue weighted by atomic mass is 9.98. The first-order valence-electron chi connectivity index (χ1n) is 11.1. The Bertz CT molecular complexity index is 1190. The van der Waals surface area contributed by atoms with E-state index in [9.17, 15) is 18.0 Å². The first-order valence-corrected chi connectivity index (χ1v) is 12.6. The molecule has 0 radical (unpaired) electrons. The Kier molecular flexibility index (Phi) is 6.45. The van der Waals surface area contributed by atoms with E-state index in [-0.39, 0.29) is 23.3 Å². The van der Waals surface area contributed by atoms with Crippen LogP contribution in [0.15, 0.2) is 41.3 Å². The van der Waals surface area contributed by atoms with E-state index in [0.29, 0.717) is 42.9 Å². The third-order valence-corrected chi connectivity index (χ3v) is 8.30. The number of anilines is 1. The van der Waals surface area contributed by atoms with Crippen LogP contribution in [0, 0.1) is 19.8 Å². The van der Waals surface area contributed by atoms with Crippen molar-refractivity contribution in [3.63, 3.8) is 0 Å². The summed E-state index contributed by atoms with van der Waals surface area (Å²) < 4.78 is 34.0. The van der Waals surface area contributed by atoms with Gasteiger partial charge in [0.15, 0.2) is 6.10 Å². The summed E-state index contributed by atoms with van der Waals surface area (Å²) in [5, 5.41) is 5.70. The fourth-order valence-corrected chi connectivity index (χ4v) is 6.02. The maximum Gasteiger partial charge on any atom is 0.265 e. The maximum atomic E-state index is 13.5. The summed E-state index contributed by atoms with van der Waals surface area (Å²) in [5.74, 6) is -0.491. The zero-order chi connectivity index (χ0) is 23.8. The zero-order valence-corrected chi connectivity index (χ0v) is 19.9. The molecule has 2 heterocycles. The van der Waals surface area contributed by atoms with Crippen LogP contribution in [-0.2, 0) is 26.2 Å². The van der Waals surface area contributed by atoms with E-state index < -0.39 is 22.0 Å². The lowest BCUT2D eigenvalue weighted by Crippen LogP contribution is -2.45. The summed E-state index contributed by atoms with van der Waals surface area (Å²) in [6.45, 7) is 6.19. The molecule has 4 rings (SSSR count). The average Bonchev–Trinajstić information content (AvgIpc) is 2.79. The highest BCUT2D eigenvalue weighted by molar-refractivity contribution is 7.89. The molecule has 0 spiro atoms. The molecule has 0 aliphatic carbocycles. The molecule has 33 heavy (non-hydrogen) atoms. The Morgan fingerprint density at radius 3 is 2.73 bits per heavy atom. The van der Waals surface area contributed by atoms with Gasteiger partial charge in [0.25, 0.3) is 5.91 Å². The highest BCUT2D eigenvalue weighted by Gasteiger charge is 2.35. The molecule has 176 valence electrons. The molecule has 2 aliphatic rings. The van der Waals surface area contributed by atoms with Gasteiger partial charge in [-0.05, 0) is 56.4 Å². The summed E-state index contributed by atoms with van der Waals surface area (Å²) >= 11 is 0. The number of hydrogen-bond acceptors (Lipinski definition) is 5. The number of nitrogens with one attached hydrogen (secondary N) is 2. The summed E-state index contributed by atoms with van der Waals surface area (Å²) in [6, 6.07) is 10.9. The molecule has 2 aliphatic heterocycles. The number of amides is 2. The van der Waals surface area contributed by atoms with Crippen molar-refractivity contribution in [1.82, 2.24) is 9.62 Å². The van der Waals surface area contributed by atoms with Gasteiger partial charge in [-0.25, -0.2) is 8.42 Å². The van der Waals surface area contributed by atoms with Gasteiger partial charge in [-0.3, -0.25) is 9.59 Å². The number of carbonyl (C=O) groups excluding carboxylic acids is 2. The average molecular weight is 472 g/mol. The number of fused-ring (bicyclic) bond motifs is 1. The number of benzene rings is 2. The van der Waals surface area contributed by atoms with E-state index in [1.807, 2.05) is 31.2 Å². The molecule has 0 saturated carbocycles. The minimum Gasteiger partial charge on any atom is -0.479 e. The predicted molar refractivity (Wildman–Crippen MR) is 124 cm³/mol. The molecular weight excluding hydrogens is 442 g/mol. The van der Waals surface area contributed by atoms with Crippen molar-refractivity contribution in [3.05, 3.63) is 53.1 Å². The fraction of sp³-hybridized carbons (Fsp3) is 0.417. The minimum absolute atomic E-state index is 0.130. The van der Waals surface area contributed by atoms with Crippen LogP contribution in [0.2, 0.25) is 0 Å². The molecule has 0 aromatic heterocycles. The van der Waals surface area contributed by atoms with Crippen LogP contribution in [0.4, 0.5) is 5.69 Å². The first-order chi connectivity index (χ1) is 15.7. The van der Waals surface area contributed by atoms with Crippen molar-refractivity contribution in [1.29, 1.82) is 0 Å². The second-order valence-electron chi connectivity index (χ2n) is 8.71. The number of hydrogen-bond donors (Lipinski definition) is 2. The first kappa shape index (κ1) is 23.3. The Labute approximate surface area is 194 Å². The van der Waals surface area contributed by atoms with Crippen molar-refractivity contribution < 1.29 is 22.7 Å². The van der Waals surface area contributed by atoms with Crippen molar-refractivity contribution in [3.8, 4) is 5.75 Å². The van der Waals surface area contributed by atoms with Crippen LogP contribution in [-0.4, -0.2) is 43.7 Å². The highest BCUT2D eigenvalue weighted by atomic mass is 32.2. The predicted octanol–water partition coefficient (Wildman–Crippen LogP) is 2.74. The number of piperidine rings is 1. The quantitative estimate of drug-likeness (QED) is 0.698. The Morgan fingerprint density at radius 2 is 1.97 bits per heavy atom. The lowest BCUT2D eigenvalue weighted by Gasteiger charge is -2.32. The summed E-state index contributed by atoms with van der Waals surface area (Å²) in [7, 11) is -3.84. The molecule has 8 nitrogen and oxygen atoms in total. The second kappa shape index (κ2) is 9.15. The second-order valence-corrected chi connectivity index (χ2v) is 10.6. The smallest absolute Gasteiger partial charge is 0.265 e. The van der Waals surface area contributed by atoms with E-state index in [2.05, 4.69) is 10.6 Å². The van der Waals surface area contributed by atoms with Crippen molar-refractivity contribution in [2.75, 3.05) is 18.4 Å². The number of carbonyl (C=O) groups is 2. The van der Waals surface area contributed by atoms with Crippen LogP contribution >= 0.6 is 0 Å². The third-order valence-electron chi connectivity index (χ3n) is 6.30. The van der Waals surface area contributed by atoms with Gasteiger partial charge in [-0.2, -0.15) is 4.31 Å². The number of rotatable bonds is 5. The van der Waals surface area contributed by atoms with Crippen LogP contribution in [0.25, 0.3) is 0 Å². The molecule has 2 aromatic carbocycles. The number of ether oxygens (including phenoxy) is 1. The van der Waals surface area contributed by atoms with E-state index >= 15 is 0 Å². The molecule has 1 fully saturated rings. The van der Waals surface area contributed by atoms with Gasteiger partial charge in [0, 0.05) is 25.7 Å². The Morgan fingerprint density at radius 1 is 1.21 bits per heavy atom. The van der Waals surface area contributed by atoms with Gasteiger partial charge in [-0.15, -0.1) is 0 Å². The maximum absolute atomic E-state index is 13.5. The van der Waals surface area contributed by atoms with Crippen LogP contribution in [0.3, 0.4) is 0 Å².